The largest absolute Gasteiger partial charge is 0.495 e. The van der Waals surface area contributed by atoms with Gasteiger partial charge in [0.15, 0.2) is 0 Å². The SMILES string of the molecule is Cc1cc(B2OC(C)(C)C(C)(C)O2)c(COC(=O)C(C)(C)C)cc1NC(=O)OC(C)(C)C. The zero-order chi connectivity index (χ0) is 24.7. The average Bonchev–Trinajstić information content (AvgIpc) is 2.79. The average molecular weight is 447 g/mol. The topological polar surface area (TPSA) is 83.1 Å². The number of esters is 1. The molecule has 0 saturated carbocycles. The summed E-state index contributed by atoms with van der Waals surface area (Å²) in [5, 5.41) is 2.79. The molecule has 1 saturated heterocycles. The molecule has 7 nitrogen and oxygen atoms in total. The zero-order valence-electron chi connectivity index (χ0n) is 21.4. The summed E-state index contributed by atoms with van der Waals surface area (Å²) in [6.45, 7) is 20.7. The molecule has 0 spiro atoms. The number of hydrogen-bond donors (Lipinski definition) is 1. The van der Waals surface area contributed by atoms with E-state index in [0.717, 1.165) is 11.0 Å². The Kier molecular flexibility index (Phi) is 7.13. The molecule has 0 unspecified atom stereocenters. The maximum absolute atomic E-state index is 12.4. The monoisotopic (exact) mass is 447 g/mol. The summed E-state index contributed by atoms with van der Waals surface area (Å²) in [7, 11) is -0.627. The molecule has 1 heterocycles. The van der Waals surface area contributed by atoms with E-state index in [4.69, 9.17) is 18.8 Å². The standard InChI is InChI=1S/C24H38BNO6/c1-15-12-17(25-31-23(8,9)24(10,11)32-25)16(14-29-19(27)21(2,3)4)13-18(15)26-20(28)30-22(5,6)7/h12-13H,14H2,1-11H3,(H,26,28). The van der Waals surface area contributed by atoms with Gasteiger partial charge >= 0.3 is 19.2 Å². The molecule has 0 radical (unpaired) electrons. The van der Waals surface area contributed by atoms with E-state index in [1.807, 2.05) is 40.7 Å². The second-order valence-electron chi connectivity index (χ2n) is 11.4. The minimum absolute atomic E-state index is 0.0266. The van der Waals surface area contributed by atoms with Crippen molar-refractivity contribution in [3.05, 3.63) is 23.3 Å². The van der Waals surface area contributed by atoms with Crippen LogP contribution in [0.1, 0.15) is 80.4 Å². The van der Waals surface area contributed by atoms with Gasteiger partial charge in [0.05, 0.1) is 16.6 Å². The van der Waals surface area contributed by atoms with Crippen molar-refractivity contribution in [2.24, 2.45) is 5.41 Å². The van der Waals surface area contributed by atoms with Crippen molar-refractivity contribution >= 4 is 30.3 Å². The van der Waals surface area contributed by atoms with Gasteiger partial charge in [-0.25, -0.2) is 4.79 Å². The van der Waals surface area contributed by atoms with Gasteiger partial charge in [-0.05, 0) is 98.8 Å². The Hall–Kier alpha value is -2.06. The quantitative estimate of drug-likeness (QED) is 0.531. The van der Waals surface area contributed by atoms with Crippen LogP contribution in [0, 0.1) is 12.3 Å². The van der Waals surface area contributed by atoms with Crippen LogP contribution in [-0.4, -0.2) is 36.0 Å². The minimum Gasteiger partial charge on any atom is -0.460 e. The van der Waals surface area contributed by atoms with Crippen molar-refractivity contribution in [2.45, 2.75) is 99.6 Å². The summed E-state index contributed by atoms with van der Waals surface area (Å²) in [6, 6.07) is 3.69. The Morgan fingerprint density at radius 3 is 2.00 bits per heavy atom. The molecule has 0 atom stereocenters. The van der Waals surface area contributed by atoms with Gasteiger partial charge in [-0.15, -0.1) is 0 Å². The van der Waals surface area contributed by atoms with Crippen molar-refractivity contribution in [3.8, 4) is 0 Å². The molecule has 1 aliphatic heterocycles. The highest BCUT2D eigenvalue weighted by molar-refractivity contribution is 6.62. The third-order valence-corrected chi connectivity index (χ3v) is 5.60. The number of carbonyl (C=O) groups excluding carboxylic acids is 2. The molecule has 0 aromatic heterocycles. The number of rotatable bonds is 4. The summed E-state index contributed by atoms with van der Waals surface area (Å²) >= 11 is 0. The van der Waals surface area contributed by atoms with E-state index in [2.05, 4.69) is 5.32 Å². The van der Waals surface area contributed by atoms with Gasteiger partial charge in [0.2, 0.25) is 0 Å². The number of amides is 1. The smallest absolute Gasteiger partial charge is 0.460 e. The molecule has 178 valence electrons. The number of nitrogens with one attached hydrogen (secondary N) is 1. The van der Waals surface area contributed by atoms with Gasteiger partial charge in [0.1, 0.15) is 12.2 Å². The predicted molar refractivity (Wildman–Crippen MR) is 126 cm³/mol. The number of ether oxygens (including phenoxy) is 2. The maximum Gasteiger partial charge on any atom is 0.495 e. The highest BCUT2D eigenvalue weighted by Gasteiger charge is 2.52. The maximum atomic E-state index is 12.4. The molecule has 32 heavy (non-hydrogen) atoms. The van der Waals surface area contributed by atoms with E-state index in [1.54, 1.807) is 47.6 Å². The van der Waals surface area contributed by atoms with Crippen LogP contribution in [0.5, 0.6) is 0 Å². The lowest BCUT2D eigenvalue weighted by atomic mass is 9.75. The van der Waals surface area contributed by atoms with Crippen LogP contribution in [0.25, 0.3) is 0 Å². The van der Waals surface area contributed by atoms with Crippen LogP contribution in [0.3, 0.4) is 0 Å². The first-order valence-electron chi connectivity index (χ1n) is 11.0. The Balaban J connectivity index is 2.40. The van der Waals surface area contributed by atoms with E-state index in [-0.39, 0.29) is 12.6 Å². The second kappa shape index (κ2) is 8.71. The van der Waals surface area contributed by atoms with Gasteiger partial charge in [-0.1, -0.05) is 6.07 Å². The Morgan fingerprint density at radius 1 is 1.00 bits per heavy atom. The lowest BCUT2D eigenvalue weighted by Gasteiger charge is -2.32. The summed E-state index contributed by atoms with van der Waals surface area (Å²) < 4.78 is 23.4. The molecule has 1 aromatic rings. The van der Waals surface area contributed by atoms with Crippen LogP contribution in [0.15, 0.2) is 12.1 Å². The normalized spacial score (nSPS) is 17.8. The summed E-state index contributed by atoms with van der Waals surface area (Å²) in [5.41, 5.74) is 0.554. The Labute approximate surface area is 192 Å². The Bertz CT molecular complexity index is 864. The van der Waals surface area contributed by atoms with Crippen LogP contribution in [-0.2, 0) is 30.2 Å². The molecule has 2 rings (SSSR count). The molecule has 0 bridgehead atoms. The van der Waals surface area contributed by atoms with Crippen molar-refractivity contribution < 1.29 is 28.4 Å². The van der Waals surface area contributed by atoms with Crippen LogP contribution in [0.4, 0.5) is 10.5 Å². The number of anilines is 1. The van der Waals surface area contributed by atoms with E-state index >= 15 is 0 Å². The highest BCUT2D eigenvalue weighted by Crippen LogP contribution is 2.37. The first-order chi connectivity index (χ1) is 14.3. The number of aryl methyl sites for hydroxylation is 1. The van der Waals surface area contributed by atoms with Crippen LogP contribution in [0.2, 0.25) is 0 Å². The molecule has 1 aliphatic rings. The molecule has 1 fully saturated rings. The molecule has 1 amide bonds. The third kappa shape index (κ3) is 6.26. The fraction of sp³-hybridized carbons (Fsp3) is 0.667. The second-order valence-corrected chi connectivity index (χ2v) is 11.4. The molecule has 1 N–H and O–H groups in total. The summed E-state index contributed by atoms with van der Waals surface area (Å²) in [5.74, 6) is -0.320. The first-order valence-corrected chi connectivity index (χ1v) is 11.0. The van der Waals surface area contributed by atoms with Crippen LogP contribution < -0.4 is 10.8 Å². The summed E-state index contributed by atoms with van der Waals surface area (Å²) in [6.07, 6.45) is -0.554. The number of hydrogen-bond acceptors (Lipinski definition) is 6. The molecular weight excluding hydrogens is 409 g/mol. The Morgan fingerprint density at radius 2 is 1.53 bits per heavy atom. The number of carbonyl (C=O) groups is 2. The molecular formula is C24H38BNO6. The third-order valence-electron chi connectivity index (χ3n) is 5.60. The fourth-order valence-electron chi connectivity index (χ4n) is 3.00. The van der Waals surface area contributed by atoms with Gasteiger partial charge < -0.3 is 18.8 Å². The van der Waals surface area contributed by atoms with Crippen molar-refractivity contribution in [1.29, 1.82) is 0 Å². The van der Waals surface area contributed by atoms with E-state index in [1.165, 1.54) is 0 Å². The van der Waals surface area contributed by atoms with Gasteiger partial charge in [0, 0.05) is 5.69 Å². The molecule has 8 heteroatoms. The predicted octanol–water partition coefficient (Wildman–Crippen LogP) is 4.73. The van der Waals surface area contributed by atoms with E-state index in [0.29, 0.717) is 11.3 Å². The van der Waals surface area contributed by atoms with Crippen molar-refractivity contribution in [2.75, 3.05) is 5.32 Å². The van der Waals surface area contributed by atoms with Gasteiger partial charge in [-0.3, -0.25) is 10.1 Å². The van der Waals surface area contributed by atoms with Gasteiger partial charge in [0.25, 0.3) is 0 Å². The lowest BCUT2D eigenvalue weighted by molar-refractivity contribution is -0.154. The van der Waals surface area contributed by atoms with Crippen LogP contribution >= 0.6 is 0 Å². The first kappa shape index (κ1) is 26.2. The molecule has 1 aromatic carbocycles. The van der Waals surface area contributed by atoms with E-state index in [9.17, 15) is 9.59 Å². The lowest BCUT2D eigenvalue weighted by Crippen LogP contribution is -2.41. The number of benzene rings is 1. The summed E-state index contributed by atoms with van der Waals surface area (Å²) in [4.78, 5) is 24.7. The highest BCUT2D eigenvalue weighted by atomic mass is 16.7. The molecule has 0 aliphatic carbocycles. The fourth-order valence-corrected chi connectivity index (χ4v) is 3.00. The van der Waals surface area contributed by atoms with Crippen molar-refractivity contribution in [1.82, 2.24) is 0 Å². The minimum atomic E-state index is -0.632. The van der Waals surface area contributed by atoms with Gasteiger partial charge in [-0.2, -0.15) is 0 Å². The van der Waals surface area contributed by atoms with E-state index < -0.39 is 35.4 Å². The van der Waals surface area contributed by atoms with Crippen molar-refractivity contribution in [3.63, 3.8) is 0 Å². The zero-order valence-corrected chi connectivity index (χ0v) is 21.4.